The molecule has 0 aliphatic carbocycles. The lowest BCUT2D eigenvalue weighted by molar-refractivity contribution is -0.147. The Balaban J connectivity index is 2.12. The lowest BCUT2D eigenvalue weighted by atomic mass is 10.1. The zero-order chi connectivity index (χ0) is 18.9. The van der Waals surface area contributed by atoms with E-state index in [1.165, 1.54) is 14.2 Å². The van der Waals surface area contributed by atoms with E-state index < -0.39 is 24.0 Å². The highest BCUT2D eigenvalue weighted by molar-refractivity contribution is 7.09. The van der Waals surface area contributed by atoms with E-state index in [0.717, 1.165) is 9.67 Å². The maximum atomic E-state index is 12.1. The summed E-state index contributed by atoms with van der Waals surface area (Å²) in [4.78, 5) is 28.5. The third kappa shape index (κ3) is 5.01. The molecule has 2 atom stereocenters. The standard InChI is InChI=1S/C14H17N7O4S/c1-24-13(22)10(16-19-15)5-6-11(14(23)25-2)21-18-12(17-20-21)8-9-4-3-7-26-9/h3-4,7,10-11H,5-6,8H2,1-2H3. The number of ether oxygens (including phenoxy) is 2. The molecule has 0 aliphatic rings. The Morgan fingerprint density at radius 1 is 1.35 bits per heavy atom. The van der Waals surface area contributed by atoms with Crippen LogP contribution in [0, 0.1) is 0 Å². The zero-order valence-corrected chi connectivity index (χ0v) is 15.0. The van der Waals surface area contributed by atoms with Gasteiger partial charge in [0.1, 0.15) is 6.04 Å². The molecule has 0 aliphatic heterocycles. The minimum absolute atomic E-state index is 0.0678. The molecule has 12 heteroatoms. The molecule has 11 nitrogen and oxygen atoms in total. The number of esters is 2. The number of hydrogen-bond donors (Lipinski definition) is 0. The van der Waals surface area contributed by atoms with Gasteiger partial charge in [-0.1, -0.05) is 11.2 Å². The van der Waals surface area contributed by atoms with E-state index in [9.17, 15) is 9.59 Å². The Kier molecular flexibility index (Phi) is 7.06. The van der Waals surface area contributed by atoms with Crippen LogP contribution < -0.4 is 0 Å². The van der Waals surface area contributed by atoms with Gasteiger partial charge < -0.3 is 9.47 Å². The summed E-state index contributed by atoms with van der Waals surface area (Å²) in [6.45, 7) is 0. The Morgan fingerprint density at radius 3 is 2.73 bits per heavy atom. The van der Waals surface area contributed by atoms with Gasteiger partial charge in [0.25, 0.3) is 0 Å². The third-order valence-electron chi connectivity index (χ3n) is 3.51. The van der Waals surface area contributed by atoms with Crippen LogP contribution in [-0.2, 0) is 25.5 Å². The topological polar surface area (TPSA) is 145 Å². The molecule has 26 heavy (non-hydrogen) atoms. The van der Waals surface area contributed by atoms with Crippen LogP contribution in [-0.4, -0.2) is 52.4 Å². The predicted molar refractivity (Wildman–Crippen MR) is 90.2 cm³/mol. The average molecular weight is 379 g/mol. The Morgan fingerprint density at radius 2 is 2.12 bits per heavy atom. The van der Waals surface area contributed by atoms with Gasteiger partial charge >= 0.3 is 11.9 Å². The van der Waals surface area contributed by atoms with Gasteiger partial charge in [0.05, 0.1) is 14.2 Å². The van der Waals surface area contributed by atoms with Crippen molar-refractivity contribution in [3.05, 3.63) is 38.7 Å². The molecule has 0 amide bonds. The molecular weight excluding hydrogens is 362 g/mol. The van der Waals surface area contributed by atoms with Gasteiger partial charge in [-0.15, -0.1) is 26.3 Å². The van der Waals surface area contributed by atoms with Crippen LogP contribution in [0.3, 0.4) is 0 Å². The average Bonchev–Trinajstić information content (AvgIpc) is 3.32. The summed E-state index contributed by atoms with van der Waals surface area (Å²) in [5.41, 5.74) is 8.56. The lowest BCUT2D eigenvalue weighted by Gasteiger charge is -2.15. The molecule has 0 aromatic carbocycles. The van der Waals surface area contributed by atoms with Gasteiger partial charge in [-0.05, 0) is 35.0 Å². The lowest BCUT2D eigenvalue weighted by Crippen LogP contribution is -2.27. The monoisotopic (exact) mass is 379 g/mol. The number of thiophene rings is 1. The molecule has 2 aromatic heterocycles. The van der Waals surface area contributed by atoms with E-state index in [1.54, 1.807) is 11.3 Å². The minimum Gasteiger partial charge on any atom is -0.469 e. The summed E-state index contributed by atoms with van der Waals surface area (Å²) in [5, 5.41) is 17.4. The van der Waals surface area contributed by atoms with Crippen molar-refractivity contribution in [2.45, 2.75) is 31.3 Å². The van der Waals surface area contributed by atoms with E-state index in [1.807, 2.05) is 17.5 Å². The molecule has 138 valence electrons. The highest BCUT2D eigenvalue weighted by Gasteiger charge is 2.27. The van der Waals surface area contributed by atoms with Crippen LogP contribution in [0.15, 0.2) is 22.6 Å². The van der Waals surface area contributed by atoms with Crippen LogP contribution in [0.1, 0.15) is 29.6 Å². The van der Waals surface area contributed by atoms with Gasteiger partial charge in [0.15, 0.2) is 11.9 Å². The quantitative estimate of drug-likeness (QED) is 0.279. The highest BCUT2D eigenvalue weighted by Crippen LogP contribution is 2.18. The van der Waals surface area contributed by atoms with E-state index in [4.69, 9.17) is 10.3 Å². The van der Waals surface area contributed by atoms with Crippen molar-refractivity contribution in [1.29, 1.82) is 0 Å². The molecular formula is C14H17N7O4S. The van der Waals surface area contributed by atoms with Crippen LogP contribution in [0.4, 0.5) is 0 Å². The van der Waals surface area contributed by atoms with Crippen molar-refractivity contribution >= 4 is 23.3 Å². The molecule has 2 aromatic rings. The first-order valence-corrected chi connectivity index (χ1v) is 8.47. The van der Waals surface area contributed by atoms with Crippen LogP contribution in [0.25, 0.3) is 10.4 Å². The molecule has 2 heterocycles. The second-order valence-corrected chi connectivity index (χ2v) is 6.17. The predicted octanol–water partition coefficient (Wildman–Crippen LogP) is 1.67. The minimum atomic E-state index is -1.05. The summed E-state index contributed by atoms with van der Waals surface area (Å²) in [6.07, 6.45) is 0.674. The van der Waals surface area contributed by atoms with Gasteiger partial charge in [-0.3, -0.25) is 4.79 Å². The molecule has 0 N–H and O–H groups in total. The number of carbonyl (C=O) groups is 2. The van der Waals surface area contributed by atoms with Crippen molar-refractivity contribution in [3.63, 3.8) is 0 Å². The first kappa shape index (κ1) is 19.3. The van der Waals surface area contributed by atoms with E-state index in [2.05, 4.69) is 30.2 Å². The van der Waals surface area contributed by atoms with Gasteiger partial charge in [-0.25, -0.2) is 4.79 Å². The Hall–Kier alpha value is -2.98. The number of rotatable bonds is 9. The first-order valence-electron chi connectivity index (χ1n) is 7.59. The zero-order valence-electron chi connectivity index (χ0n) is 14.2. The van der Waals surface area contributed by atoms with Crippen LogP contribution in [0.2, 0.25) is 0 Å². The van der Waals surface area contributed by atoms with E-state index >= 15 is 0 Å². The molecule has 2 unspecified atom stereocenters. The van der Waals surface area contributed by atoms with Crippen LogP contribution >= 0.6 is 11.3 Å². The van der Waals surface area contributed by atoms with Gasteiger partial charge in [0.2, 0.25) is 0 Å². The first-order chi connectivity index (χ1) is 12.6. The molecule has 0 bridgehead atoms. The van der Waals surface area contributed by atoms with E-state index in [-0.39, 0.29) is 12.8 Å². The highest BCUT2D eigenvalue weighted by atomic mass is 32.1. The normalized spacial score (nSPS) is 12.7. The fourth-order valence-electron chi connectivity index (χ4n) is 2.23. The maximum Gasteiger partial charge on any atom is 0.332 e. The molecule has 0 saturated heterocycles. The second-order valence-electron chi connectivity index (χ2n) is 5.14. The van der Waals surface area contributed by atoms with Crippen molar-refractivity contribution in [1.82, 2.24) is 20.2 Å². The number of methoxy groups -OCH3 is 2. The molecule has 0 radical (unpaired) electrons. The summed E-state index contributed by atoms with van der Waals surface area (Å²) < 4.78 is 9.36. The summed E-state index contributed by atoms with van der Waals surface area (Å²) in [7, 11) is 2.43. The fraction of sp³-hybridized carbons (Fsp3) is 0.500. The summed E-state index contributed by atoms with van der Waals surface area (Å²) >= 11 is 1.57. The van der Waals surface area contributed by atoms with E-state index in [0.29, 0.717) is 12.2 Å². The molecule has 0 fully saturated rings. The number of hydrogen-bond acceptors (Lipinski definition) is 9. The van der Waals surface area contributed by atoms with Crippen molar-refractivity contribution in [2.75, 3.05) is 14.2 Å². The Labute approximate surface area is 152 Å². The van der Waals surface area contributed by atoms with Gasteiger partial charge in [0, 0.05) is 16.2 Å². The van der Waals surface area contributed by atoms with Crippen molar-refractivity contribution in [2.24, 2.45) is 5.11 Å². The second kappa shape index (κ2) is 9.49. The van der Waals surface area contributed by atoms with Crippen LogP contribution in [0.5, 0.6) is 0 Å². The smallest absolute Gasteiger partial charge is 0.332 e. The van der Waals surface area contributed by atoms with Gasteiger partial charge in [-0.2, -0.15) is 0 Å². The molecule has 0 saturated carbocycles. The largest absolute Gasteiger partial charge is 0.469 e. The number of aromatic nitrogens is 4. The third-order valence-corrected chi connectivity index (χ3v) is 4.39. The number of tetrazole rings is 1. The number of azide groups is 1. The number of carbonyl (C=O) groups excluding carboxylic acids is 2. The fourth-order valence-corrected chi connectivity index (χ4v) is 2.93. The SMILES string of the molecule is COC(=O)C(CCC(C(=O)OC)n1nnc(Cc2cccs2)n1)N=[N+]=[N-]. The number of nitrogens with zero attached hydrogens (tertiary/aromatic N) is 7. The Bertz CT molecular complexity index is 785. The molecule has 2 rings (SSSR count). The van der Waals surface area contributed by atoms with Crippen molar-refractivity contribution in [3.8, 4) is 0 Å². The summed E-state index contributed by atoms with van der Waals surface area (Å²) in [5.74, 6) is -0.813. The maximum absolute atomic E-state index is 12.1. The molecule has 0 spiro atoms. The van der Waals surface area contributed by atoms with Crippen molar-refractivity contribution < 1.29 is 19.1 Å². The summed E-state index contributed by atoms with van der Waals surface area (Å²) in [6, 6.07) is 1.92.